The van der Waals surface area contributed by atoms with Crippen LogP contribution >= 0.6 is 24.0 Å². The van der Waals surface area contributed by atoms with Gasteiger partial charge in [-0.05, 0) is 50.8 Å². The van der Waals surface area contributed by atoms with E-state index >= 15 is 0 Å². The summed E-state index contributed by atoms with van der Waals surface area (Å²) in [6, 6.07) is 11.4. The first kappa shape index (κ1) is 23.7. The summed E-state index contributed by atoms with van der Waals surface area (Å²) in [5, 5.41) is 11.4. The van der Waals surface area contributed by atoms with Gasteiger partial charge in [0.2, 0.25) is 0 Å². The van der Waals surface area contributed by atoms with Gasteiger partial charge < -0.3 is 10.6 Å². The molecular formula is C22H35IN6. The summed E-state index contributed by atoms with van der Waals surface area (Å²) >= 11 is 0. The van der Waals surface area contributed by atoms with Gasteiger partial charge in [-0.3, -0.25) is 14.6 Å². The van der Waals surface area contributed by atoms with Crippen LogP contribution in [0.4, 0.5) is 0 Å². The fourth-order valence-corrected chi connectivity index (χ4v) is 3.82. The smallest absolute Gasteiger partial charge is 0.191 e. The minimum absolute atomic E-state index is 0. The molecular weight excluding hydrogens is 475 g/mol. The molecule has 0 spiro atoms. The van der Waals surface area contributed by atoms with E-state index in [2.05, 4.69) is 74.5 Å². The second-order valence-corrected chi connectivity index (χ2v) is 7.72. The number of hydrogen-bond acceptors (Lipinski definition) is 3. The average molecular weight is 510 g/mol. The maximum absolute atomic E-state index is 4.51. The van der Waals surface area contributed by atoms with E-state index in [0.29, 0.717) is 6.04 Å². The Morgan fingerprint density at radius 2 is 1.97 bits per heavy atom. The van der Waals surface area contributed by atoms with E-state index in [0.717, 1.165) is 57.2 Å². The van der Waals surface area contributed by atoms with E-state index < -0.39 is 0 Å². The van der Waals surface area contributed by atoms with Gasteiger partial charge in [0.25, 0.3) is 0 Å². The molecule has 2 aromatic rings. The third-order valence-corrected chi connectivity index (χ3v) is 5.51. The van der Waals surface area contributed by atoms with Crippen molar-refractivity contribution in [2.45, 2.75) is 52.7 Å². The van der Waals surface area contributed by atoms with Crippen molar-refractivity contribution in [2.24, 2.45) is 4.99 Å². The highest BCUT2D eigenvalue weighted by atomic mass is 127. The molecule has 0 saturated heterocycles. The quantitative estimate of drug-likeness (QED) is 0.260. The molecule has 1 aliphatic heterocycles. The number of nitrogens with zero attached hydrogens (tertiary/aromatic N) is 4. The van der Waals surface area contributed by atoms with Crippen LogP contribution < -0.4 is 10.6 Å². The molecule has 0 saturated carbocycles. The van der Waals surface area contributed by atoms with E-state index in [9.17, 15) is 0 Å². The van der Waals surface area contributed by atoms with Gasteiger partial charge >= 0.3 is 0 Å². The van der Waals surface area contributed by atoms with Gasteiger partial charge in [0.1, 0.15) is 0 Å². The van der Waals surface area contributed by atoms with Crippen LogP contribution in [0.2, 0.25) is 0 Å². The standard InChI is InChI=1S/C22H34N6.HI/c1-17-14-18(2)28(26-17)12-7-11-24-22(23-4)25-15-19(3)27-13-10-20-8-5-6-9-21(20)16-27;/h5-6,8-9,14,19H,7,10-13,15-16H2,1-4H3,(H2,23,24,25);1H. The monoisotopic (exact) mass is 510 g/mol. The predicted molar refractivity (Wildman–Crippen MR) is 131 cm³/mol. The van der Waals surface area contributed by atoms with Gasteiger partial charge in [-0.15, -0.1) is 24.0 Å². The number of fused-ring (bicyclic) bond motifs is 1. The minimum atomic E-state index is 0. The molecule has 1 atom stereocenters. The zero-order chi connectivity index (χ0) is 19.9. The third-order valence-electron chi connectivity index (χ3n) is 5.51. The number of aliphatic imine (C=N–C) groups is 1. The minimum Gasteiger partial charge on any atom is -0.356 e. The van der Waals surface area contributed by atoms with Gasteiger partial charge in [-0.2, -0.15) is 5.10 Å². The Labute approximate surface area is 192 Å². The number of aromatic nitrogens is 2. The molecule has 0 aliphatic carbocycles. The molecule has 7 heteroatoms. The van der Waals surface area contributed by atoms with Crippen LogP contribution in [0.3, 0.4) is 0 Å². The highest BCUT2D eigenvalue weighted by Crippen LogP contribution is 2.19. The van der Waals surface area contributed by atoms with Crippen LogP contribution in [-0.2, 0) is 19.5 Å². The van der Waals surface area contributed by atoms with Crippen molar-refractivity contribution >= 4 is 29.9 Å². The molecule has 1 aromatic carbocycles. The maximum Gasteiger partial charge on any atom is 0.191 e. The normalized spacial score (nSPS) is 15.4. The number of benzene rings is 1. The maximum atomic E-state index is 4.51. The summed E-state index contributed by atoms with van der Waals surface area (Å²) in [4.78, 5) is 6.91. The van der Waals surface area contributed by atoms with Crippen LogP contribution in [0, 0.1) is 13.8 Å². The van der Waals surface area contributed by atoms with Crippen molar-refractivity contribution in [3.63, 3.8) is 0 Å². The molecule has 6 nitrogen and oxygen atoms in total. The fraction of sp³-hybridized carbons (Fsp3) is 0.545. The molecule has 0 radical (unpaired) electrons. The highest BCUT2D eigenvalue weighted by Gasteiger charge is 2.20. The van der Waals surface area contributed by atoms with Crippen LogP contribution in [0.15, 0.2) is 35.3 Å². The molecule has 1 aromatic heterocycles. The topological polar surface area (TPSA) is 57.5 Å². The lowest BCUT2D eigenvalue weighted by molar-refractivity contribution is 0.191. The van der Waals surface area contributed by atoms with E-state index in [1.807, 2.05) is 14.0 Å². The van der Waals surface area contributed by atoms with Crippen molar-refractivity contribution in [2.75, 3.05) is 26.7 Å². The summed E-state index contributed by atoms with van der Waals surface area (Å²) in [5.41, 5.74) is 5.26. The number of rotatable bonds is 7. The van der Waals surface area contributed by atoms with Crippen LogP contribution in [-0.4, -0.2) is 53.4 Å². The average Bonchev–Trinajstić information content (AvgIpc) is 3.03. The number of halogens is 1. The summed E-state index contributed by atoms with van der Waals surface area (Å²) in [7, 11) is 1.83. The Hall–Kier alpha value is -1.61. The van der Waals surface area contributed by atoms with E-state index in [4.69, 9.17) is 0 Å². The first-order valence-corrected chi connectivity index (χ1v) is 10.3. The lowest BCUT2D eigenvalue weighted by atomic mass is 9.99. The Kier molecular flexibility index (Phi) is 9.42. The van der Waals surface area contributed by atoms with Crippen molar-refractivity contribution in [3.05, 3.63) is 52.8 Å². The summed E-state index contributed by atoms with van der Waals surface area (Å²) in [6.45, 7) is 11.3. The van der Waals surface area contributed by atoms with Gasteiger partial charge in [0.05, 0.1) is 5.69 Å². The number of hydrogen-bond donors (Lipinski definition) is 2. The second-order valence-electron chi connectivity index (χ2n) is 7.72. The molecule has 2 N–H and O–H groups in total. The van der Waals surface area contributed by atoms with Crippen molar-refractivity contribution in [1.82, 2.24) is 25.3 Å². The highest BCUT2D eigenvalue weighted by molar-refractivity contribution is 14.0. The molecule has 3 rings (SSSR count). The second kappa shape index (κ2) is 11.5. The first-order chi connectivity index (χ1) is 13.6. The molecule has 29 heavy (non-hydrogen) atoms. The largest absolute Gasteiger partial charge is 0.356 e. The molecule has 1 unspecified atom stereocenters. The van der Waals surface area contributed by atoms with E-state index in [1.165, 1.54) is 16.8 Å². The summed E-state index contributed by atoms with van der Waals surface area (Å²) in [5.74, 6) is 0.873. The molecule has 160 valence electrons. The lowest BCUT2D eigenvalue weighted by Gasteiger charge is -2.34. The van der Waals surface area contributed by atoms with Gasteiger partial charge in [0, 0.05) is 51.5 Å². The fourth-order valence-electron chi connectivity index (χ4n) is 3.82. The number of nitrogens with one attached hydrogen (secondary N) is 2. The third kappa shape index (κ3) is 6.70. The molecule has 0 fully saturated rings. The first-order valence-electron chi connectivity index (χ1n) is 10.3. The van der Waals surface area contributed by atoms with Crippen LogP contribution in [0.25, 0.3) is 0 Å². The molecule has 0 bridgehead atoms. The van der Waals surface area contributed by atoms with Crippen molar-refractivity contribution < 1.29 is 0 Å². The number of aryl methyl sites for hydroxylation is 3. The van der Waals surface area contributed by atoms with Gasteiger partial charge in [0.15, 0.2) is 5.96 Å². The Morgan fingerprint density at radius 3 is 2.66 bits per heavy atom. The number of guanidine groups is 1. The van der Waals surface area contributed by atoms with Crippen molar-refractivity contribution in [3.8, 4) is 0 Å². The summed E-state index contributed by atoms with van der Waals surface area (Å²) in [6.07, 6.45) is 2.15. The summed E-state index contributed by atoms with van der Waals surface area (Å²) < 4.78 is 2.07. The van der Waals surface area contributed by atoms with Gasteiger partial charge in [-0.1, -0.05) is 24.3 Å². The lowest BCUT2D eigenvalue weighted by Crippen LogP contribution is -2.47. The molecule has 0 amide bonds. The van der Waals surface area contributed by atoms with E-state index in [-0.39, 0.29) is 24.0 Å². The SMILES string of the molecule is CN=C(NCCCn1nc(C)cc1C)NCC(C)N1CCc2ccccc2C1.I. The molecule has 1 aliphatic rings. The zero-order valence-corrected chi connectivity index (χ0v) is 20.4. The molecule has 2 heterocycles. The van der Waals surface area contributed by atoms with E-state index in [1.54, 1.807) is 0 Å². The Balaban J connectivity index is 0.00000300. The predicted octanol–water partition coefficient (Wildman–Crippen LogP) is 3.12. The van der Waals surface area contributed by atoms with Crippen molar-refractivity contribution in [1.29, 1.82) is 0 Å². The van der Waals surface area contributed by atoms with Gasteiger partial charge in [-0.25, -0.2) is 0 Å². The Morgan fingerprint density at radius 1 is 1.21 bits per heavy atom. The van der Waals surface area contributed by atoms with Crippen LogP contribution in [0.1, 0.15) is 35.9 Å². The zero-order valence-electron chi connectivity index (χ0n) is 18.1. The Bertz CT molecular complexity index is 800. The van der Waals surface area contributed by atoms with Crippen LogP contribution in [0.5, 0.6) is 0 Å².